The SMILES string of the molecule is CCCCCCCCCCc1ccc(C(=O)Oc2cnc(-c3ccc(CCCCCCCCCC)cc3)nc2)cc1. The summed E-state index contributed by atoms with van der Waals surface area (Å²) in [7, 11) is 0. The molecule has 0 amide bonds. The van der Waals surface area contributed by atoms with E-state index in [1.807, 2.05) is 24.3 Å². The molecule has 0 aliphatic rings. The number of hydrogen-bond acceptors (Lipinski definition) is 4. The zero-order valence-electron chi connectivity index (χ0n) is 25.7. The smallest absolute Gasteiger partial charge is 0.343 e. The van der Waals surface area contributed by atoms with Crippen LogP contribution in [0, 0.1) is 0 Å². The average molecular weight is 557 g/mol. The van der Waals surface area contributed by atoms with Crippen LogP contribution in [0.3, 0.4) is 0 Å². The third kappa shape index (κ3) is 13.0. The van der Waals surface area contributed by atoms with Crippen molar-refractivity contribution in [1.82, 2.24) is 9.97 Å². The second-order valence-corrected chi connectivity index (χ2v) is 11.5. The molecule has 1 aromatic heterocycles. The van der Waals surface area contributed by atoms with E-state index in [2.05, 4.69) is 48.1 Å². The molecular weight excluding hydrogens is 504 g/mol. The molecule has 41 heavy (non-hydrogen) atoms. The first-order valence-corrected chi connectivity index (χ1v) is 16.4. The monoisotopic (exact) mass is 556 g/mol. The Morgan fingerprint density at radius 1 is 0.561 bits per heavy atom. The Balaban J connectivity index is 1.36. The molecule has 0 N–H and O–H groups in total. The molecule has 0 saturated carbocycles. The van der Waals surface area contributed by atoms with Crippen LogP contribution < -0.4 is 4.74 Å². The molecule has 3 rings (SSSR count). The van der Waals surface area contributed by atoms with Crippen molar-refractivity contribution in [2.75, 3.05) is 0 Å². The van der Waals surface area contributed by atoms with Crippen molar-refractivity contribution < 1.29 is 9.53 Å². The summed E-state index contributed by atoms with van der Waals surface area (Å²) in [6.07, 6.45) is 26.6. The van der Waals surface area contributed by atoms with E-state index >= 15 is 0 Å². The summed E-state index contributed by atoms with van der Waals surface area (Å²) in [5.41, 5.74) is 4.13. The number of hydrogen-bond donors (Lipinski definition) is 0. The Labute approximate surface area is 249 Å². The van der Waals surface area contributed by atoms with Crippen molar-refractivity contribution in [3.63, 3.8) is 0 Å². The quantitative estimate of drug-likeness (QED) is 0.0967. The minimum absolute atomic E-state index is 0.355. The van der Waals surface area contributed by atoms with Gasteiger partial charge < -0.3 is 4.74 Å². The van der Waals surface area contributed by atoms with Gasteiger partial charge in [0.1, 0.15) is 0 Å². The predicted molar refractivity (Wildman–Crippen MR) is 171 cm³/mol. The summed E-state index contributed by atoms with van der Waals surface area (Å²) in [6, 6.07) is 16.3. The van der Waals surface area contributed by atoms with Gasteiger partial charge in [0.15, 0.2) is 11.6 Å². The van der Waals surface area contributed by atoms with E-state index < -0.39 is 0 Å². The number of rotatable bonds is 21. The van der Waals surface area contributed by atoms with Crippen molar-refractivity contribution in [1.29, 1.82) is 0 Å². The van der Waals surface area contributed by atoms with Crippen LogP contribution in [0.1, 0.15) is 138 Å². The van der Waals surface area contributed by atoms with Crippen LogP contribution in [0.5, 0.6) is 5.75 Å². The Hall–Kier alpha value is -3.01. The molecule has 0 aliphatic carbocycles. The number of nitrogens with zero attached hydrogens (tertiary/aromatic N) is 2. The lowest BCUT2D eigenvalue weighted by molar-refractivity contribution is 0.0733. The summed E-state index contributed by atoms with van der Waals surface area (Å²) < 4.78 is 5.53. The van der Waals surface area contributed by atoms with Gasteiger partial charge in [0.05, 0.1) is 18.0 Å². The summed E-state index contributed by atoms with van der Waals surface area (Å²) in [4.78, 5) is 21.5. The average Bonchev–Trinajstić information content (AvgIpc) is 3.01. The zero-order valence-corrected chi connectivity index (χ0v) is 25.7. The second-order valence-electron chi connectivity index (χ2n) is 11.5. The van der Waals surface area contributed by atoms with Crippen LogP contribution in [0.4, 0.5) is 0 Å². The van der Waals surface area contributed by atoms with Crippen molar-refractivity contribution in [2.24, 2.45) is 0 Å². The van der Waals surface area contributed by atoms with Gasteiger partial charge in [-0.1, -0.05) is 140 Å². The number of unbranched alkanes of at least 4 members (excludes halogenated alkanes) is 14. The Bertz CT molecular complexity index is 1090. The number of carbonyl (C=O) groups is 1. The molecular formula is C37H52N2O2. The standard InChI is InChI=1S/C37H52N2O2/c1-3-5-7-9-11-13-15-17-19-31-21-25-33(26-22-31)36-38-29-35(30-39-36)41-37(40)34-27-23-32(24-28-34)20-18-16-14-12-10-8-6-4-2/h21-30H,3-20H2,1-2H3. The van der Waals surface area contributed by atoms with Crippen LogP contribution in [0.25, 0.3) is 11.4 Å². The lowest BCUT2D eigenvalue weighted by atomic mass is 10.0. The van der Waals surface area contributed by atoms with Gasteiger partial charge in [-0.3, -0.25) is 0 Å². The molecule has 222 valence electrons. The zero-order chi connectivity index (χ0) is 29.0. The molecule has 0 spiro atoms. The minimum atomic E-state index is -0.384. The molecule has 1 heterocycles. The molecule has 4 heteroatoms. The maximum absolute atomic E-state index is 12.6. The van der Waals surface area contributed by atoms with E-state index in [1.54, 1.807) is 12.4 Å². The van der Waals surface area contributed by atoms with Gasteiger partial charge in [-0.15, -0.1) is 0 Å². The molecule has 2 aromatic carbocycles. The second kappa shape index (κ2) is 20.0. The highest BCUT2D eigenvalue weighted by Gasteiger charge is 2.10. The number of carbonyl (C=O) groups excluding carboxylic acids is 1. The van der Waals surface area contributed by atoms with Gasteiger partial charge >= 0.3 is 5.97 Å². The largest absolute Gasteiger partial charge is 0.420 e. The minimum Gasteiger partial charge on any atom is -0.420 e. The molecule has 0 unspecified atom stereocenters. The Morgan fingerprint density at radius 3 is 1.44 bits per heavy atom. The predicted octanol–water partition coefficient (Wildman–Crippen LogP) is 10.7. The first-order chi connectivity index (χ1) is 20.2. The summed E-state index contributed by atoms with van der Waals surface area (Å²) >= 11 is 0. The highest BCUT2D eigenvalue weighted by molar-refractivity contribution is 5.91. The van der Waals surface area contributed by atoms with Crippen LogP contribution in [0.15, 0.2) is 60.9 Å². The summed E-state index contributed by atoms with van der Waals surface area (Å²) in [6.45, 7) is 4.52. The van der Waals surface area contributed by atoms with Crippen molar-refractivity contribution >= 4 is 5.97 Å². The molecule has 0 fully saturated rings. The van der Waals surface area contributed by atoms with E-state index in [4.69, 9.17) is 4.74 Å². The molecule has 3 aromatic rings. The van der Waals surface area contributed by atoms with E-state index in [1.165, 1.54) is 114 Å². The number of benzene rings is 2. The number of aromatic nitrogens is 2. The number of ether oxygens (including phenoxy) is 1. The maximum atomic E-state index is 12.6. The molecule has 4 nitrogen and oxygen atoms in total. The lowest BCUT2D eigenvalue weighted by Gasteiger charge is -2.07. The van der Waals surface area contributed by atoms with Gasteiger partial charge in [-0.2, -0.15) is 0 Å². The van der Waals surface area contributed by atoms with Gasteiger partial charge in [0.25, 0.3) is 0 Å². The van der Waals surface area contributed by atoms with Gasteiger partial charge in [0, 0.05) is 5.56 Å². The fraction of sp³-hybridized carbons (Fsp3) is 0.541. The maximum Gasteiger partial charge on any atom is 0.343 e. The molecule has 0 radical (unpaired) electrons. The van der Waals surface area contributed by atoms with Crippen LogP contribution in [0.2, 0.25) is 0 Å². The normalized spacial score (nSPS) is 11.1. The van der Waals surface area contributed by atoms with Crippen LogP contribution >= 0.6 is 0 Å². The summed E-state index contributed by atoms with van der Waals surface area (Å²) in [5, 5.41) is 0. The highest BCUT2D eigenvalue weighted by Crippen LogP contribution is 2.20. The highest BCUT2D eigenvalue weighted by atomic mass is 16.5. The number of esters is 1. The first kappa shape index (κ1) is 32.5. The van der Waals surface area contributed by atoms with Crippen LogP contribution in [-0.4, -0.2) is 15.9 Å². The first-order valence-electron chi connectivity index (χ1n) is 16.4. The van der Waals surface area contributed by atoms with Crippen LogP contribution in [-0.2, 0) is 12.8 Å². The van der Waals surface area contributed by atoms with Gasteiger partial charge in [0.2, 0.25) is 0 Å². The Morgan fingerprint density at radius 2 is 0.976 bits per heavy atom. The lowest BCUT2D eigenvalue weighted by Crippen LogP contribution is -2.09. The van der Waals surface area contributed by atoms with Crippen molar-refractivity contribution in [3.8, 4) is 17.1 Å². The van der Waals surface area contributed by atoms with E-state index in [9.17, 15) is 4.79 Å². The van der Waals surface area contributed by atoms with E-state index in [-0.39, 0.29) is 5.97 Å². The topological polar surface area (TPSA) is 52.1 Å². The molecule has 0 bridgehead atoms. The Kier molecular flexibility index (Phi) is 15.8. The van der Waals surface area contributed by atoms with Gasteiger partial charge in [-0.05, 0) is 48.9 Å². The van der Waals surface area contributed by atoms with E-state index in [0.717, 1.165) is 18.4 Å². The van der Waals surface area contributed by atoms with Crippen molar-refractivity contribution in [3.05, 3.63) is 77.6 Å². The third-order valence-electron chi connectivity index (χ3n) is 7.88. The fourth-order valence-electron chi connectivity index (χ4n) is 5.24. The number of aryl methyl sites for hydroxylation is 2. The van der Waals surface area contributed by atoms with Crippen molar-refractivity contribution in [2.45, 2.75) is 129 Å². The van der Waals surface area contributed by atoms with Gasteiger partial charge in [-0.25, -0.2) is 14.8 Å². The molecule has 0 aliphatic heterocycles. The molecule has 0 atom stereocenters. The van der Waals surface area contributed by atoms with E-state index in [0.29, 0.717) is 17.1 Å². The summed E-state index contributed by atoms with van der Waals surface area (Å²) in [5.74, 6) is 0.604. The third-order valence-corrected chi connectivity index (χ3v) is 7.88. The molecule has 0 saturated heterocycles. The fourth-order valence-corrected chi connectivity index (χ4v) is 5.24.